The number of nitrogens with zero attached hydrogens (tertiary/aromatic N) is 6. The molecule has 43 heavy (non-hydrogen) atoms. The van der Waals surface area contributed by atoms with Gasteiger partial charge in [0.25, 0.3) is 0 Å². The maximum Gasteiger partial charge on any atom is 0.142 e. The van der Waals surface area contributed by atoms with E-state index in [2.05, 4.69) is 51.0 Å². The van der Waals surface area contributed by atoms with Crippen LogP contribution in [0, 0.1) is 11.3 Å². The van der Waals surface area contributed by atoms with Gasteiger partial charge in [0.2, 0.25) is 0 Å². The summed E-state index contributed by atoms with van der Waals surface area (Å²) in [5, 5.41) is 9.81. The van der Waals surface area contributed by atoms with Crippen molar-refractivity contribution in [2.24, 2.45) is 0 Å². The molecule has 3 aliphatic rings. The summed E-state index contributed by atoms with van der Waals surface area (Å²) >= 11 is 0. The van der Waals surface area contributed by atoms with Crippen molar-refractivity contribution < 1.29 is 14.2 Å². The number of piperazine rings is 1. The number of piperidine rings is 1. The van der Waals surface area contributed by atoms with E-state index in [0.717, 1.165) is 60.0 Å². The molecule has 0 N–H and O–H groups in total. The topological polar surface area (TPSA) is 87.0 Å². The molecule has 9 heteroatoms. The van der Waals surface area contributed by atoms with Crippen LogP contribution < -0.4 is 14.4 Å². The third kappa shape index (κ3) is 7.10. The van der Waals surface area contributed by atoms with Crippen molar-refractivity contribution in [3.05, 3.63) is 65.6 Å². The van der Waals surface area contributed by atoms with Gasteiger partial charge in [0, 0.05) is 76.3 Å². The summed E-state index contributed by atoms with van der Waals surface area (Å²) in [6.45, 7) is 8.17. The fraction of sp³-hybridized carbons (Fsp3) is 0.500. The number of rotatable bonds is 8. The summed E-state index contributed by atoms with van der Waals surface area (Å²) in [6, 6.07) is 17.0. The van der Waals surface area contributed by atoms with Crippen molar-refractivity contribution in [1.82, 2.24) is 19.8 Å². The summed E-state index contributed by atoms with van der Waals surface area (Å²) in [7, 11) is 3.96. The maximum atomic E-state index is 9.81. The second-order valence-corrected chi connectivity index (χ2v) is 11.9. The lowest BCUT2D eigenvalue weighted by atomic mass is 10.0. The number of aromatic nitrogens is 2. The molecule has 0 saturated carbocycles. The summed E-state index contributed by atoms with van der Waals surface area (Å²) in [6.07, 6.45) is 6.50. The Morgan fingerprint density at radius 3 is 2.47 bits per heavy atom. The van der Waals surface area contributed by atoms with E-state index < -0.39 is 0 Å². The lowest BCUT2D eigenvalue weighted by Crippen LogP contribution is -2.52. The largest absolute Gasteiger partial charge is 0.495 e. The molecule has 1 aromatic heterocycles. The molecule has 2 aromatic carbocycles. The Bertz CT molecular complexity index is 1420. The van der Waals surface area contributed by atoms with E-state index in [1.807, 2.05) is 24.3 Å². The Morgan fingerprint density at radius 1 is 0.930 bits per heavy atom. The van der Waals surface area contributed by atoms with Crippen LogP contribution in [0.2, 0.25) is 0 Å². The molecule has 3 aromatic rings. The zero-order chi connectivity index (χ0) is 29.6. The second-order valence-electron chi connectivity index (χ2n) is 11.9. The van der Waals surface area contributed by atoms with E-state index >= 15 is 0 Å². The van der Waals surface area contributed by atoms with Gasteiger partial charge >= 0.3 is 0 Å². The third-order valence-electron chi connectivity index (χ3n) is 9.03. The van der Waals surface area contributed by atoms with Gasteiger partial charge in [0.05, 0.1) is 37.3 Å². The Balaban J connectivity index is 1.11. The molecular formula is C34H42N6O3. The molecule has 3 saturated heterocycles. The minimum absolute atomic E-state index is 0.0784. The number of methoxy groups -OCH3 is 1. The first-order valence-corrected chi connectivity index (χ1v) is 15.5. The highest BCUT2D eigenvalue weighted by Crippen LogP contribution is 2.33. The molecule has 0 amide bonds. The van der Waals surface area contributed by atoms with Gasteiger partial charge in [-0.05, 0) is 61.9 Å². The number of ether oxygens (including phenoxy) is 3. The molecule has 9 nitrogen and oxygen atoms in total. The van der Waals surface area contributed by atoms with Crippen molar-refractivity contribution in [3.8, 4) is 28.8 Å². The van der Waals surface area contributed by atoms with E-state index in [1.54, 1.807) is 13.3 Å². The highest BCUT2D eigenvalue weighted by molar-refractivity contribution is 5.64. The van der Waals surface area contributed by atoms with Crippen LogP contribution in [0.1, 0.15) is 42.6 Å². The first-order chi connectivity index (χ1) is 21.1. The molecule has 0 spiro atoms. The zero-order valence-electron chi connectivity index (χ0n) is 25.4. The number of nitriles is 1. The monoisotopic (exact) mass is 582 g/mol. The van der Waals surface area contributed by atoms with E-state index in [1.165, 1.54) is 39.0 Å². The second kappa shape index (κ2) is 13.7. The number of likely N-dealkylation sites (N-methyl/N-ethyl adjacent to an activating group) is 1. The van der Waals surface area contributed by atoms with Crippen LogP contribution in [0.15, 0.2) is 48.7 Å². The minimum Gasteiger partial charge on any atom is -0.495 e. The van der Waals surface area contributed by atoms with Crippen LogP contribution in [-0.2, 0) is 11.2 Å². The van der Waals surface area contributed by atoms with Crippen LogP contribution in [-0.4, -0.2) is 98.6 Å². The molecule has 0 unspecified atom stereocenters. The van der Waals surface area contributed by atoms with Gasteiger partial charge in [-0.3, -0.25) is 4.90 Å². The lowest BCUT2D eigenvalue weighted by Gasteiger charge is -2.42. The van der Waals surface area contributed by atoms with Crippen LogP contribution in [0.3, 0.4) is 0 Å². The van der Waals surface area contributed by atoms with Gasteiger partial charge in [0.15, 0.2) is 0 Å². The number of benzene rings is 2. The predicted molar refractivity (Wildman–Crippen MR) is 167 cm³/mol. The van der Waals surface area contributed by atoms with Gasteiger partial charge in [-0.25, -0.2) is 9.97 Å². The van der Waals surface area contributed by atoms with Gasteiger partial charge in [0.1, 0.15) is 29.5 Å². The Morgan fingerprint density at radius 2 is 1.72 bits per heavy atom. The van der Waals surface area contributed by atoms with Gasteiger partial charge < -0.3 is 24.0 Å². The molecular weight excluding hydrogens is 540 g/mol. The van der Waals surface area contributed by atoms with E-state index in [0.29, 0.717) is 37.0 Å². The Labute approximate surface area is 255 Å². The Kier molecular flexibility index (Phi) is 9.37. The molecule has 4 heterocycles. The summed E-state index contributed by atoms with van der Waals surface area (Å²) in [5.41, 5.74) is 4.42. The number of hydrogen-bond donors (Lipinski definition) is 0. The standard InChI is InChI=1S/C34H42N6O3/c1-38-15-17-39(18-16-38)28-8-13-40(14-9-28)31-5-3-25(21-33(31)41-2)22-34-36-12-7-30(37-34)26-4-6-32(27(23-26)24-35)43-29-10-19-42-20-11-29/h3-7,12,21,23,28-29H,8-11,13-20,22H2,1-2H3. The summed E-state index contributed by atoms with van der Waals surface area (Å²) in [5.74, 6) is 2.23. The molecule has 6 rings (SSSR count). The van der Waals surface area contributed by atoms with Gasteiger partial charge in [-0.15, -0.1) is 0 Å². The number of anilines is 1. The van der Waals surface area contributed by atoms with E-state index in [9.17, 15) is 5.26 Å². The maximum absolute atomic E-state index is 9.81. The van der Waals surface area contributed by atoms with Crippen LogP contribution in [0.5, 0.6) is 11.5 Å². The molecule has 0 atom stereocenters. The highest BCUT2D eigenvalue weighted by atomic mass is 16.5. The average Bonchev–Trinajstić information content (AvgIpc) is 3.06. The van der Waals surface area contributed by atoms with Crippen molar-refractivity contribution in [2.45, 2.75) is 44.2 Å². The van der Waals surface area contributed by atoms with Crippen molar-refractivity contribution >= 4 is 5.69 Å². The van der Waals surface area contributed by atoms with Crippen LogP contribution in [0.4, 0.5) is 5.69 Å². The molecule has 3 aliphatic heterocycles. The first kappa shape index (κ1) is 29.4. The smallest absolute Gasteiger partial charge is 0.142 e. The summed E-state index contributed by atoms with van der Waals surface area (Å²) in [4.78, 5) is 17.0. The highest BCUT2D eigenvalue weighted by Gasteiger charge is 2.28. The Hall–Kier alpha value is -3.71. The lowest BCUT2D eigenvalue weighted by molar-refractivity contribution is 0.0254. The molecule has 0 bridgehead atoms. The van der Waals surface area contributed by atoms with Crippen molar-refractivity contribution in [2.75, 3.05) is 71.5 Å². The third-order valence-corrected chi connectivity index (χ3v) is 9.03. The van der Waals surface area contributed by atoms with E-state index in [-0.39, 0.29) is 6.10 Å². The minimum atomic E-state index is 0.0784. The average molecular weight is 583 g/mol. The fourth-order valence-electron chi connectivity index (χ4n) is 6.43. The van der Waals surface area contributed by atoms with Crippen molar-refractivity contribution in [3.63, 3.8) is 0 Å². The summed E-state index contributed by atoms with van der Waals surface area (Å²) < 4.78 is 17.4. The number of hydrogen-bond acceptors (Lipinski definition) is 9. The molecule has 0 aliphatic carbocycles. The predicted octanol–water partition coefficient (Wildman–Crippen LogP) is 4.39. The van der Waals surface area contributed by atoms with E-state index in [4.69, 9.17) is 19.2 Å². The first-order valence-electron chi connectivity index (χ1n) is 15.5. The molecule has 3 fully saturated rings. The SMILES string of the molecule is COc1cc(Cc2nccc(-c3ccc(OC4CCOCC4)c(C#N)c3)n2)ccc1N1CCC(N2CCN(C)CC2)CC1. The zero-order valence-corrected chi connectivity index (χ0v) is 25.4. The molecule has 226 valence electrons. The van der Waals surface area contributed by atoms with Gasteiger partial charge in [-0.1, -0.05) is 6.07 Å². The molecule has 0 radical (unpaired) electrons. The van der Waals surface area contributed by atoms with Crippen molar-refractivity contribution in [1.29, 1.82) is 5.26 Å². The van der Waals surface area contributed by atoms with Gasteiger partial charge in [-0.2, -0.15) is 5.26 Å². The normalized spacial score (nSPS) is 19.2. The quantitative estimate of drug-likeness (QED) is 0.384. The fourth-order valence-corrected chi connectivity index (χ4v) is 6.43. The van der Waals surface area contributed by atoms with Crippen LogP contribution in [0.25, 0.3) is 11.3 Å². The van der Waals surface area contributed by atoms with Crippen LogP contribution >= 0.6 is 0 Å².